The maximum Gasteiger partial charge on any atom is 0.161 e. The van der Waals surface area contributed by atoms with E-state index in [1.54, 1.807) is 14.2 Å². The zero-order valence-corrected chi connectivity index (χ0v) is 11.5. The van der Waals surface area contributed by atoms with Gasteiger partial charge in [0.1, 0.15) is 0 Å². The molecule has 0 aliphatic heterocycles. The minimum atomic E-state index is 0.665. The third-order valence-electron chi connectivity index (χ3n) is 3.65. The van der Waals surface area contributed by atoms with Gasteiger partial charge in [-0.05, 0) is 42.9 Å². The molecule has 0 aromatic heterocycles. The first-order valence-corrected chi connectivity index (χ1v) is 6.72. The average Bonchev–Trinajstić information content (AvgIpc) is 3.24. The van der Waals surface area contributed by atoms with Gasteiger partial charge in [-0.25, -0.2) is 0 Å². The molecular weight excluding hydrogens is 226 g/mol. The Morgan fingerprint density at radius 3 is 2.50 bits per heavy atom. The zero-order valence-electron chi connectivity index (χ0n) is 11.5. The molecule has 1 fully saturated rings. The highest BCUT2D eigenvalue weighted by atomic mass is 16.5. The van der Waals surface area contributed by atoms with Gasteiger partial charge in [0.2, 0.25) is 0 Å². The summed E-state index contributed by atoms with van der Waals surface area (Å²) < 4.78 is 10.6. The summed E-state index contributed by atoms with van der Waals surface area (Å²) in [5, 5.41) is 3.64. The molecule has 1 unspecified atom stereocenters. The molecule has 3 nitrogen and oxygen atoms in total. The van der Waals surface area contributed by atoms with Gasteiger partial charge in [-0.1, -0.05) is 13.0 Å². The van der Waals surface area contributed by atoms with E-state index in [4.69, 9.17) is 9.47 Å². The van der Waals surface area contributed by atoms with Gasteiger partial charge in [-0.15, -0.1) is 0 Å². The van der Waals surface area contributed by atoms with Crippen LogP contribution in [-0.4, -0.2) is 20.3 Å². The van der Waals surface area contributed by atoms with Crippen LogP contribution < -0.4 is 14.8 Å². The lowest BCUT2D eigenvalue weighted by Gasteiger charge is -2.17. The van der Waals surface area contributed by atoms with Crippen LogP contribution in [0.2, 0.25) is 0 Å². The van der Waals surface area contributed by atoms with E-state index >= 15 is 0 Å². The number of hydrogen-bond acceptors (Lipinski definition) is 3. The van der Waals surface area contributed by atoms with Gasteiger partial charge in [0, 0.05) is 12.6 Å². The maximum atomic E-state index is 5.32. The minimum absolute atomic E-state index is 0.665. The molecule has 1 aromatic rings. The van der Waals surface area contributed by atoms with E-state index in [9.17, 15) is 0 Å². The van der Waals surface area contributed by atoms with Crippen molar-refractivity contribution in [1.29, 1.82) is 0 Å². The van der Waals surface area contributed by atoms with Crippen LogP contribution in [0.15, 0.2) is 18.2 Å². The van der Waals surface area contributed by atoms with E-state index in [1.807, 2.05) is 12.1 Å². The van der Waals surface area contributed by atoms with E-state index < -0.39 is 0 Å². The first-order chi connectivity index (χ1) is 8.78. The van der Waals surface area contributed by atoms with Crippen LogP contribution in [0, 0.1) is 5.92 Å². The predicted molar refractivity (Wildman–Crippen MR) is 73.2 cm³/mol. The summed E-state index contributed by atoms with van der Waals surface area (Å²) in [6.07, 6.45) is 3.98. The summed E-state index contributed by atoms with van der Waals surface area (Å²) in [5.41, 5.74) is 1.24. The van der Waals surface area contributed by atoms with Gasteiger partial charge in [-0.3, -0.25) is 0 Å². The summed E-state index contributed by atoms with van der Waals surface area (Å²) in [6.45, 7) is 3.15. The van der Waals surface area contributed by atoms with Crippen LogP contribution in [0.1, 0.15) is 31.7 Å². The highest BCUT2D eigenvalue weighted by Gasteiger charge is 2.29. The average molecular weight is 249 g/mol. The molecule has 3 heteroatoms. The summed E-state index contributed by atoms with van der Waals surface area (Å²) in [6, 6.07) is 6.77. The van der Waals surface area contributed by atoms with Gasteiger partial charge in [-0.2, -0.15) is 0 Å². The van der Waals surface area contributed by atoms with Crippen LogP contribution in [0.25, 0.3) is 0 Å². The van der Waals surface area contributed by atoms with E-state index in [2.05, 4.69) is 18.3 Å². The fourth-order valence-corrected chi connectivity index (χ4v) is 2.38. The third-order valence-corrected chi connectivity index (χ3v) is 3.65. The van der Waals surface area contributed by atoms with E-state index in [0.717, 1.165) is 24.0 Å². The van der Waals surface area contributed by atoms with Crippen molar-refractivity contribution in [1.82, 2.24) is 5.32 Å². The molecule has 18 heavy (non-hydrogen) atoms. The summed E-state index contributed by atoms with van der Waals surface area (Å²) in [5.74, 6) is 2.49. The predicted octanol–water partition coefficient (Wildman–Crippen LogP) is 2.98. The molecule has 0 saturated heterocycles. The van der Waals surface area contributed by atoms with Crippen molar-refractivity contribution in [3.8, 4) is 11.5 Å². The molecule has 1 aliphatic rings. The number of methoxy groups -OCH3 is 2. The van der Waals surface area contributed by atoms with Crippen molar-refractivity contribution in [3.05, 3.63) is 23.8 Å². The number of ether oxygens (including phenoxy) is 2. The van der Waals surface area contributed by atoms with Crippen LogP contribution in [0.3, 0.4) is 0 Å². The number of hydrogen-bond donors (Lipinski definition) is 1. The Hall–Kier alpha value is -1.22. The van der Waals surface area contributed by atoms with E-state index in [0.29, 0.717) is 6.04 Å². The largest absolute Gasteiger partial charge is 0.493 e. The molecule has 2 rings (SSSR count). The molecular formula is C15H23NO2. The van der Waals surface area contributed by atoms with Crippen molar-refractivity contribution < 1.29 is 9.47 Å². The summed E-state index contributed by atoms with van der Waals surface area (Å²) >= 11 is 0. The number of benzene rings is 1. The molecule has 0 bridgehead atoms. The lowest BCUT2D eigenvalue weighted by atomic mass is 10.1. The lowest BCUT2D eigenvalue weighted by molar-refractivity contribution is 0.354. The molecule has 1 N–H and O–H groups in total. The highest BCUT2D eigenvalue weighted by molar-refractivity contribution is 5.42. The second-order valence-electron chi connectivity index (χ2n) is 4.92. The fourth-order valence-electron chi connectivity index (χ4n) is 2.38. The Balaban J connectivity index is 1.96. The van der Waals surface area contributed by atoms with Crippen LogP contribution >= 0.6 is 0 Å². The Labute approximate surface area is 109 Å². The Morgan fingerprint density at radius 2 is 1.94 bits per heavy atom. The molecule has 0 heterocycles. The zero-order chi connectivity index (χ0) is 13.0. The second-order valence-corrected chi connectivity index (χ2v) is 4.92. The van der Waals surface area contributed by atoms with E-state index in [-0.39, 0.29) is 0 Å². The standard InChI is InChI=1S/C15H23NO2/c1-4-13(12-6-7-12)16-10-11-5-8-14(17-2)15(9-11)18-3/h5,8-9,12-13,16H,4,6-7,10H2,1-3H3. The molecule has 1 aliphatic carbocycles. The molecule has 0 amide bonds. The van der Waals surface area contributed by atoms with Gasteiger partial charge >= 0.3 is 0 Å². The normalized spacial score (nSPS) is 16.4. The number of nitrogens with one attached hydrogen (secondary N) is 1. The monoisotopic (exact) mass is 249 g/mol. The van der Waals surface area contributed by atoms with Gasteiger partial charge in [0.15, 0.2) is 11.5 Å². The highest BCUT2D eigenvalue weighted by Crippen LogP contribution is 2.34. The quantitative estimate of drug-likeness (QED) is 0.806. The van der Waals surface area contributed by atoms with Crippen molar-refractivity contribution in [2.24, 2.45) is 5.92 Å². The molecule has 1 aromatic carbocycles. The van der Waals surface area contributed by atoms with Crippen molar-refractivity contribution in [2.75, 3.05) is 14.2 Å². The summed E-state index contributed by atoms with van der Waals surface area (Å²) in [4.78, 5) is 0. The topological polar surface area (TPSA) is 30.5 Å². The Morgan fingerprint density at radius 1 is 1.22 bits per heavy atom. The summed E-state index contributed by atoms with van der Waals surface area (Å²) in [7, 11) is 3.34. The first kappa shape index (κ1) is 13.2. The molecule has 0 radical (unpaired) electrons. The fraction of sp³-hybridized carbons (Fsp3) is 0.600. The van der Waals surface area contributed by atoms with Gasteiger partial charge in [0.05, 0.1) is 14.2 Å². The van der Waals surface area contributed by atoms with Crippen LogP contribution in [0.4, 0.5) is 0 Å². The second kappa shape index (κ2) is 6.10. The SMILES string of the molecule is CCC(NCc1ccc(OC)c(OC)c1)C1CC1. The molecule has 1 saturated carbocycles. The van der Waals surface area contributed by atoms with Crippen molar-refractivity contribution in [2.45, 2.75) is 38.8 Å². The van der Waals surface area contributed by atoms with Crippen molar-refractivity contribution >= 4 is 0 Å². The lowest BCUT2D eigenvalue weighted by Crippen LogP contribution is -2.29. The first-order valence-electron chi connectivity index (χ1n) is 6.72. The van der Waals surface area contributed by atoms with Crippen LogP contribution in [0.5, 0.6) is 11.5 Å². The van der Waals surface area contributed by atoms with Gasteiger partial charge in [0.25, 0.3) is 0 Å². The van der Waals surface area contributed by atoms with Gasteiger partial charge < -0.3 is 14.8 Å². The molecule has 1 atom stereocenters. The number of rotatable bonds is 7. The molecule has 100 valence electrons. The Kier molecular flexibility index (Phi) is 4.48. The minimum Gasteiger partial charge on any atom is -0.493 e. The van der Waals surface area contributed by atoms with Crippen LogP contribution in [-0.2, 0) is 6.54 Å². The maximum absolute atomic E-state index is 5.32. The Bertz CT molecular complexity index is 388. The molecule has 0 spiro atoms. The smallest absolute Gasteiger partial charge is 0.161 e. The van der Waals surface area contributed by atoms with E-state index in [1.165, 1.54) is 24.8 Å². The van der Waals surface area contributed by atoms with Crippen molar-refractivity contribution in [3.63, 3.8) is 0 Å². The third kappa shape index (κ3) is 3.16.